The van der Waals surface area contributed by atoms with E-state index in [1.165, 1.54) is 14.9 Å². The maximum atomic E-state index is 13.6. The van der Waals surface area contributed by atoms with Gasteiger partial charge in [-0.3, -0.25) is 14.4 Å². The van der Waals surface area contributed by atoms with Gasteiger partial charge in [-0.25, -0.2) is 9.80 Å². The average Bonchev–Trinajstić information content (AvgIpc) is 2.89. The first kappa shape index (κ1) is 26.7. The number of urea groups is 1. The van der Waals surface area contributed by atoms with E-state index in [9.17, 15) is 24.3 Å². The number of carboxylic acids is 1. The summed E-state index contributed by atoms with van der Waals surface area (Å²) in [5.41, 5.74) is 2.86. The molecule has 4 amide bonds. The minimum absolute atomic E-state index is 0.0144. The van der Waals surface area contributed by atoms with Gasteiger partial charge in [0, 0.05) is 19.5 Å². The number of nitrogens with one attached hydrogen (secondary N) is 1. The lowest BCUT2D eigenvalue weighted by molar-refractivity contribution is -0.190. The lowest BCUT2D eigenvalue weighted by Crippen LogP contribution is -2.76. The lowest BCUT2D eigenvalue weighted by Gasteiger charge is -2.54. The number of carbonyl (C=O) groups is 4. The third-order valence-electron chi connectivity index (χ3n) is 6.72. The van der Waals surface area contributed by atoms with Crippen LogP contribution in [-0.4, -0.2) is 80.6 Å². The van der Waals surface area contributed by atoms with Crippen molar-refractivity contribution in [3.05, 3.63) is 71.3 Å². The first-order valence-electron chi connectivity index (χ1n) is 12.4. The van der Waals surface area contributed by atoms with E-state index in [4.69, 9.17) is 6.42 Å². The molecule has 0 spiro atoms. The molecule has 0 aromatic heterocycles. The number of aryl methyl sites for hydroxylation is 1. The average molecular weight is 518 g/mol. The van der Waals surface area contributed by atoms with Crippen molar-refractivity contribution in [3.8, 4) is 12.3 Å². The largest absolute Gasteiger partial charge is 0.481 e. The number of carbonyl (C=O) groups excluding carboxylic acids is 3. The molecule has 0 aliphatic carbocycles. The molecule has 2 N–H and O–H groups in total. The van der Waals surface area contributed by atoms with Crippen LogP contribution in [-0.2, 0) is 27.5 Å². The maximum Gasteiger partial charge on any atom is 0.334 e. The highest BCUT2D eigenvalue weighted by Crippen LogP contribution is 2.29. The van der Waals surface area contributed by atoms with Crippen molar-refractivity contribution in [3.63, 3.8) is 0 Å². The summed E-state index contributed by atoms with van der Waals surface area (Å²) in [5.74, 6) is 0.715. The van der Waals surface area contributed by atoms with Gasteiger partial charge in [-0.05, 0) is 24.5 Å². The highest BCUT2D eigenvalue weighted by molar-refractivity contribution is 5.91. The fourth-order valence-corrected chi connectivity index (χ4v) is 4.89. The summed E-state index contributed by atoms with van der Waals surface area (Å²) in [6, 6.07) is 15.6. The number of hydrazine groups is 1. The second-order valence-corrected chi connectivity index (χ2v) is 9.45. The number of aliphatic carboxylic acids is 1. The number of piperazine rings is 1. The fourth-order valence-electron chi connectivity index (χ4n) is 4.89. The van der Waals surface area contributed by atoms with E-state index in [0.717, 1.165) is 16.7 Å². The summed E-state index contributed by atoms with van der Waals surface area (Å²) < 4.78 is 0. The molecular weight excluding hydrogens is 486 g/mol. The summed E-state index contributed by atoms with van der Waals surface area (Å²) >= 11 is 0. The number of amides is 4. The minimum atomic E-state index is -1.07. The van der Waals surface area contributed by atoms with Gasteiger partial charge in [-0.15, -0.1) is 6.42 Å². The SMILES string of the molecule is C#CCN1CC(=O)N2[C@@H](CCC(=O)O)C(=O)N(Cc3ccc(C)cc3)C[C@@H]2N1C(=O)NCc1ccccc1. The van der Waals surface area contributed by atoms with Crippen LogP contribution in [0.25, 0.3) is 0 Å². The maximum absolute atomic E-state index is 13.6. The Morgan fingerprint density at radius 3 is 2.45 bits per heavy atom. The smallest absolute Gasteiger partial charge is 0.334 e. The fraction of sp³-hybridized carbons (Fsp3) is 0.357. The third-order valence-corrected chi connectivity index (χ3v) is 6.72. The normalized spacial score (nSPS) is 19.6. The summed E-state index contributed by atoms with van der Waals surface area (Å²) in [5, 5.41) is 15.1. The summed E-state index contributed by atoms with van der Waals surface area (Å²) in [6.07, 6.45) is 4.37. The van der Waals surface area contributed by atoms with Gasteiger partial charge in [-0.1, -0.05) is 66.1 Å². The molecule has 0 bridgehead atoms. The summed E-state index contributed by atoms with van der Waals surface area (Å²) in [6.45, 7) is 2.36. The van der Waals surface area contributed by atoms with E-state index in [1.54, 1.807) is 4.90 Å². The van der Waals surface area contributed by atoms with Crippen molar-refractivity contribution in [2.45, 2.75) is 45.1 Å². The van der Waals surface area contributed by atoms with E-state index in [2.05, 4.69) is 11.2 Å². The minimum Gasteiger partial charge on any atom is -0.481 e. The van der Waals surface area contributed by atoms with Gasteiger partial charge in [0.1, 0.15) is 12.2 Å². The molecule has 2 aromatic rings. The lowest BCUT2D eigenvalue weighted by atomic mass is 10.0. The number of hydrogen-bond donors (Lipinski definition) is 2. The molecule has 2 heterocycles. The van der Waals surface area contributed by atoms with Gasteiger partial charge >= 0.3 is 12.0 Å². The molecule has 2 fully saturated rings. The first-order chi connectivity index (χ1) is 18.3. The zero-order chi connectivity index (χ0) is 27.2. The quantitative estimate of drug-likeness (QED) is 0.517. The van der Waals surface area contributed by atoms with E-state index in [1.807, 2.05) is 61.5 Å². The van der Waals surface area contributed by atoms with Crippen LogP contribution in [0.4, 0.5) is 4.79 Å². The van der Waals surface area contributed by atoms with Crippen LogP contribution in [0.5, 0.6) is 0 Å². The van der Waals surface area contributed by atoms with Crippen LogP contribution < -0.4 is 5.32 Å². The molecule has 198 valence electrons. The number of nitrogens with zero attached hydrogens (tertiary/aromatic N) is 4. The van der Waals surface area contributed by atoms with Gasteiger partial charge in [0.15, 0.2) is 0 Å². The highest BCUT2D eigenvalue weighted by atomic mass is 16.4. The molecule has 2 atom stereocenters. The molecular formula is C28H31N5O5. The Hall–Kier alpha value is -4.36. The number of hydrogen-bond acceptors (Lipinski definition) is 5. The first-order valence-corrected chi connectivity index (χ1v) is 12.4. The standard InChI is InChI=1S/C28H31N5O5/c1-3-15-31-19-25(34)32-23(13-14-26(35)36)27(37)30(17-22-11-9-20(2)10-12-22)18-24(32)33(31)28(38)29-16-21-7-5-4-6-8-21/h1,4-12,23-24H,13-19H2,2H3,(H,29,38)(H,35,36)/t23-,24-/m0/s1. The Bertz CT molecular complexity index is 1230. The zero-order valence-electron chi connectivity index (χ0n) is 21.2. The predicted octanol–water partition coefficient (Wildman–Crippen LogP) is 1.80. The molecule has 2 aromatic carbocycles. The Balaban J connectivity index is 1.65. The Morgan fingerprint density at radius 1 is 1.08 bits per heavy atom. The molecule has 4 rings (SSSR count). The Labute approximate surface area is 221 Å². The van der Waals surface area contributed by atoms with Crippen LogP contribution in [0.2, 0.25) is 0 Å². The zero-order valence-corrected chi connectivity index (χ0v) is 21.2. The van der Waals surface area contributed by atoms with Crippen LogP contribution in [0.3, 0.4) is 0 Å². The second kappa shape index (κ2) is 11.8. The van der Waals surface area contributed by atoms with Crippen molar-refractivity contribution < 1.29 is 24.3 Å². The van der Waals surface area contributed by atoms with E-state index >= 15 is 0 Å². The Morgan fingerprint density at radius 2 is 1.79 bits per heavy atom. The van der Waals surface area contributed by atoms with E-state index in [-0.39, 0.29) is 57.4 Å². The van der Waals surface area contributed by atoms with Gasteiger partial charge in [0.05, 0.1) is 19.6 Å². The molecule has 10 heteroatoms. The van der Waals surface area contributed by atoms with Crippen molar-refractivity contribution >= 4 is 23.8 Å². The van der Waals surface area contributed by atoms with Crippen LogP contribution in [0.1, 0.15) is 29.5 Å². The van der Waals surface area contributed by atoms with Crippen LogP contribution >= 0.6 is 0 Å². The molecule has 10 nitrogen and oxygen atoms in total. The topological polar surface area (TPSA) is 114 Å². The van der Waals surface area contributed by atoms with Crippen molar-refractivity contribution in [2.24, 2.45) is 0 Å². The van der Waals surface area contributed by atoms with E-state index in [0.29, 0.717) is 0 Å². The van der Waals surface area contributed by atoms with Crippen molar-refractivity contribution in [1.29, 1.82) is 0 Å². The Kier molecular flexibility index (Phi) is 8.28. The predicted molar refractivity (Wildman–Crippen MR) is 139 cm³/mol. The molecule has 2 aliphatic heterocycles. The monoisotopic (exact) mass is 517 g/mol. The van der Waals surface area contributed by atoms with Gasteiger partial charge < -0.3 is 20.2 Å². The molecule has 2 aliphatic rings. The van der Waals surface area contributed by atoms with Crippen LogP contribution in [0.15, 0.2) is 54.6 Å². The number of fused-ring (bicyclic) bond motifs is 1. The highest BCUT2D eigenvalue weighted by Gasteiger charge is 2.51. The van der Waals surface area contributed by atoms with Gasteiger partial charge in [0.2, 0.25) is 11.8 Å². The number of benzene rings is 2. The molecule has 0 unspecified atom stereocenters. The van der Waals surface area contributed by atoms with E-state index < -0.39 is 24.2 Å². The molecule has 0 radical (unpaired) electrons. The van der Waals surface area contributed by atoms with Crippen molar-refractivity contribution in [1.82, 2.24) is 25.1 Å². The molecule has 38 heavy (non-hydrogen) atoms. The van der Waals surface area contributed by atoms with Crippen molar-refractivity contribution in [2.75, 3.05) is 19.6 Å². The number of carboxylic acid groups (broad SMARTS) is 1. The van der Waals surface area contributed by atoms with Gasteiger partial charge in [0.25, 0.3) is 0 Å². The summed E-state index contributed by atoms with van der Waals surface area (Å²) in [4.78, 5) is 54.8. The molecule has 0 saturated carbocycles. The van der Waals surface area contributed by atoms with Crippen LogP contribution in [0, 0.1) is 19.3 Å². The summed E-state index contributed by atoms with van der Waals surface area (Å²) in [7, 11) is 0. The number of rotatable bonds is 8. The third kappa shape index (κ3) is 5.95. The number of terminal acetylenes is 1. The second-order valence-electron chi connectivity index (χ2n) is 9.45. The van der Waals surface area contributed by atoms with Gasteiger partial charge in [-0.2, -0.15) is 5.01 Å². The molecule has 2 saturated heterocycles.